The van der Waals surface area contributed by atoms with Gasteiger partial charge in [-0.15, -0.1) is 0 Å². The van der Waals surface area contributed by atoms with E-state index in [9.17, 15) is 19.5 Å². The third-order valence-corrected chi connectivity index (χ3v) is 9.26. The maximum Gasteiger partial charge on any atom is 0.226 e. The lowest BCUT2D eigenvalue weighted by Gasteiger charge is -2.53. The van der Waals surface area contributed by atoms with Crippen molar-refractivity contribution in [2.75, 3.05) is 26.2 Å². The predicted molar refractivity (Wildman–Crippen MR) is 150 cm³/mol. The smallest absolute Gasteiger partial charge is 0.226 e. The second-order valence-corrected chi connectivity index (χ2v) is 12.0. The molecule has 0 radical (unpaired) electrons. The fraction of sp³-hybridized carbons (Fsp3) is 0.719. The Morgan fingerprint density at radius 1 is 0.842 bits per heavy atom. The van der Waals surface area contributed by atoms with Gasteiger partial charge in [-0.2, -0.15) is 0 Å². The van der Waals surface area contributed by atoms with Crippen molar-refractivity contribution in [3.63, 3.8) is 0 Å². The molecule has 0 unspecified atom stereocenters. The Kier molecular flexibility index (Phi) is 10.8. The fourth-order valence-electron chi connectivity index (χ4n) is 7.15. The Hall–Kier alpha value is -2.21. The van der Waals surface area contributed by atoms with Gasteiger partial charge in [0, 0.05) is 49.0 Å². The Bertz CT molecular complexity index is 909. The number of piperidine rings is 1. The molecule has 0 aromatic heterocycles. The molecule has 4 rings (SSSR count). The van der Waals surface area contributed by atoms with E-state index >= 15 is 0 Å². The highest BCUT2D eigenvalue weighted by Gasteiger charge is 2.56. The zero-order chi connectivity index (χ0) is 26.8. The number of carbonyl (C=O) groups is 3. The average molecular weight is 525 g/mol. The molecule has 6 heteroatoms. The number of hydrogen-bond donors (Lipinski definition) is 1. The minimum atomic E-state index is -0.722. The van der Waals surface area contributed by atoms with E-state index in [1.165, 1.54) is 25.7 Å². The van der Waals surface area contributed by atoms with Crippen LogP contribution in [0.4, 0.5) is 0 Å². The molecule has 6 nitrogen and oxygen atoms in total. The van der Waals surface area contributed by atoms with E-state index < -0.39 is 12.0 Å². The van der Waals surface area contributed by atoms with Crippen molar-refractivity contribution >= 4 is 18.1 Å². The van der Waals surface area contributed by atoms with Crippen molar-refractivity contribution in [3.05, 3.63) is 36.0 Å². The van der Waals surface area contributed by atoms with Crippen LogP contribution in [0.3, 0.4) is 0 Å². The van der Waals surface area contributed by atoms with Crippen molar-refractivity contribution in [1.29, 1.82) is 0 Å². The van der Waals surface area contributed by atoms with Crippen LogP contribution in [0.25, 0.3) is 0 Å². The maximum atomic E-state index is 14.2. The summed E-state index contributed by atoms with van der Waals surface area (Å²) in [6, 6.07) is 0. The topological polar surface area (TPSA) is 77.9 Å². The molecule has 2 amide bonds. The van der Waals surface area contributed by atoms with Crippen LogP contribution in [-0.4, -0.2) is 65.3 Å². The van der Waals surface area contributed by atoms with E-state index in [1.54, 1.807) is 4.90 Å². The van der Waals surface area contributed by atoms with Gasteiger partial charge < -0.3 is 14.9 Å². The lowest BCUT2D eigenvalue weighted by Crippen LogP contribution is -2.59. The van der Waals surface area contributed by atoms with Gasteiger partial charge in [-0.05, 0) is 57.4 Å². The number of rotatable bonds is 1. The number of fused-ring (bicyclic) bond motifs is 4. The first kappa shape index (κ1) is 28.8. The number of aliphatic hydroxyl groups excluding tert-OH is 1. The van der Waals surface area contributed by atoms with Crippen LogP contribution in [0.1, 0.15) is 96.3 Å². The first-order valence-corrected chi connectivity index (χ1v) is 15.3. The van der Waals surface area contributed by atoms with E-state index in [0.29, 0.717) is 45.4 Å². The normalized spacial score (nSPS) is 34.6. The Morgan fingerprint density at radius 2 is 1.58 bits per heavy atom. The molecule has 210 valence electrons. The molecule has 2 saturated heterocycles. The summed E-state index contributed by atoms with van der Waals surface area (Å²) in [5.41, 5.74) is 0.373. The Morgan fingerprint density at radius 3 is 2.37 bits per heavy atom. The molecule has 1 N–H and O–H groups in total. The van der Waals surface area contributed by atoms with E-state index in [-0.39, 0.29) is 23.0 Å². The summed E-state index contributed by atoms with van der Waals surface area (Å²) in [4.78, 5) is 43.7. The molecule has 1 saturated carbocycles. The second kappa shape index (κ2) is 14.3. The van der Waals surface area contributed by atoms with Gasteiger partial charge in [0.25, 0.3) is 0 Å². The molecule has 4 aliphatic rings. The van der Waals surface area contributed by atoms with Gasteiger partial charge >= 0.3 is 0 Å². The van der Waals surface area contributed by atoms with Crippen molar-refractivity contribution in [1.82, 2.24) is 9.80 Å². The van der Waals surface area contributed by atoms with Crippen molar-refractivity contribution < 1.29 is 19.5 Å². The summed E-state index contributed by atoms with van der Waals surface area (Å²) in [7, 11) is 0. The average Bonchev–Trinajstić information content (AvgIpc) is 2.91. The number of allylic oxidation sites excluding steroid dienone is 3. The second-order valence-electron chi connectivity index (χ2n) is 12.0. The molecule has 1 spiro atoms. The van der Waals surface area contributed by atoms with Gasteiger partial charge in [-0.25, -0.2) is 0 Å². The SMILES string of the molecule is O=CN1CCCCCCCCCC[C@@]23C[C@@H]4C(=O)N(CCC/C=C\C/C=C\C[C@@H](O)C=C2C(=O)[C@@H]4CC1)C3. The quantitative estimate of drug-likeness (QED) is 0.370. The molecule has 3 fully saturated rings. The molecule has 38 heavy (non-hydrogen) atoms. The van der Waals surface area contributed by atoms with E-state index in [2.05, 4.69) is 18.2 Å². The number of Topliss-reactive ketones (excluding diaryl/α,β-unsaturated/α-hetero) is 1. The third kappa shape index (κ3) is 7.25. The lowest BCUT2D eigenvalue weighted by atomic mass is 9.56. The molecule has 4 atom stereocenters. The molecular weight excluding hydrogens is 476 g/mol. The highest BCUT2D eigenvalue weighted by atomic mass is 16.3. The van der Waals surface area contributed by atoms with Crippen molar-refractivity contribution in [3.8, 4) is 0 Å². The third-order valence-electron chi connectivity index (χ3n) is 9.26. The lowest BCUT2D eigenvalue weighted by molar-refractivity contribution is -0.153. The van der Waals surface area contributed by atoms with Crippen LogP contribution in [-0.2, 0) is 14.4 Å². The van der Waals surface area contributed by atoms with Crippen molar-refractivity contribution in [2.24, 2.45) is 17.3 Å². The van der Waals surface area contributed by atoms with Gasteiger partial charge in [0.1, 0.15) is 0 Å². The van der Waals surface area contributed by atoms with E-state index in [1.807, 2.05) is 17.1 Å². The van der Waals surface area contributed by atoms with Gasteiger partial charge in [-0.3, -0.25) is 14.4 Å². The number of ketones is 1. The largest absolute Gasteiger partial charge is 0.389 e. The van der Waals surface area contributed by atoms with Gasteiger partial charge in [0.05, 0.1) is 6.10 Å². The summed E-state index contributed by atoms with van der Waals surface area (Å²) in [6.45, 7) is 2.49. The zero-order valence-corrected chi connectivity index (χ0v) is 23.2. The van der Waals surface area contributed by atoms with Gasteiger partial charge in [-0.1, -0.05) is 69.2 Å². The molecule has 0 aromatic carbocycles. The number of hydrogen-bond acceptors (Lipinski definition) is 4. The molecule has 3 aliphatic heterocycles. The molecule has 3 heterocycles. The minimum Gasteiger partial charge on any atom is -0.389 e. The Balaban J connectivity index is 1.71. The van der Waals surface area contributed by atoms with Gasteiger partial charge in [0.15, 0.2) is 5.78 Å². The van der Waals surface area contributed by atoms with Crippen LogP contribution in [0.5, 0.6) is 0 Å². The van der Waals surface area contributed by atoms with E-state index in [0.717, 1.165) is 63.3 Å². The maximum absolute atomic E-state index is 14.2. The van der Waals surface area contributed by atoms with Crippen LogP contribution in [0.15, 0.2) is 36.0 Å². The molecule has 4 bridgehead atoms. The molecular formula is C32H48N2O4. The van der Waals surface area contributed by atoms with Crippen LogP contribution >= 0.6 is 0 Å². The first-order chi connectivity index (χ1) is 18.5. The standard InChI is InChI=1S/C32H48N2O4/c35-25-33-19-14-10-6-2-1-5-9-13-18-32-23-28-27(17-21-33)30(37)29(32)22-26(36)16-12-8-4-3-7-11-15-20-34(24-32)31(28)38/h3,7-8,12,22,25-28,36H,1-2,4-6,9-11,13-21,23-24H2/b7-3-,12-8-,29-22?/t26-,27-,28+,32+/m1/s1. The first-order valence-electron chi connectivity index (χ1n) is 15.3. The van der Waals surface area contributed by atoms with Crippen LogP contribution in [0.2, 0.25) is 0 Å². The summed E-state index contributed by atoms with van der Waals surface area (Å²) in [6.07, 6.45) is 24.8. The van der Waals surface area contributed by atoms with Crippen LogP contribution in [0, 0.1) is 17.3 Å². The predicted octanol–water partition coefficient (Wildman–Crippen LogP) is 5.37. The van der Waals surface area contributed by atoms with Crippen molar-refractivity contribution in [2.45, 2.75) is 102 Å². The molecule has 0 aromatic rings. The molecule has 1 aliphatic carbocycles. The summed E-state index contributed by atoms with van der Waals surface area (Å²) < 4.78 is 0. The highest BCUT2D eigenvalue weighted by molar-refractivity contribution is 6.03. The number of carbonyl (C=O) groups excluding carboxylic acids is 3. The fourth-order valence-corrected chi connectivity index (χ4v) is 7.15. The van der Waals surface area contributed by atoms with E-state index in [4.69, 9.17) is 0 Å². The van der Waals surface area contributed by atoms with Crippen LogP contribution < -0.4 is 0 Å². The Labute approximate surface area is 229 Å². The number of aliphatic hydroxyl groups is 1. The summed E-state index contributed by atoms with van der Waals surface area (Å²) >= 11 is 0. The highest BCUT2D eigenvalue weighted by Crippen LogP contribution is 2.52. The monoisotopic (exact) mass is 524 g/mol. The van der Waals surface area contributed by atoms with Gasteiger partial charge in [0.2, 0.25) is 12.3 Å². The summed E-state index contributed by atoms with van der Waals surface area (Å²) in [5, 5.41) is 11.0. The number of amides is 2. The minimum absolute atomic E-state index is 0.0402. The number of nitrogens with zero attached hydrogens (tertiary/aromatic N) is 2. The summed E-state index contributed by atoms with van der Waals surface area (Å²) in [5.74, 6) is -0.607. The zero-order valence-electron chi connectivity index (χ0n) is 23.2.